The molecule has 0 spiro atoms. The second-order valence-electron chi connectivity index (χ2n) is 5.15. The van der Waals surface area contributed by atoms with Gasteiger partial charge in [0.15, 0.2) is 5.82 Å². The molecule has 104 valence electrons. The zero-order chi connectivity index (χ0) is 13.4. The fourth-order valence-electron chi connectivity index (χ4n) is 2.54. The second kappa shape index (κ2) is 5.32. The Labute approximate surface area is 122 Å². The van der Waals surface area contributed by atoms with E-state index in [-0.39, 0.29) is 0 Å². The van der Waals surface area contributed by atoms with Gasteiger partial charge in [-0.1, -0.05) is 23.2 Å². The minimum Gasteiger partial charge on any atom is -0.365 e. The number of nitrogens with two attached hydrogens (primary N) is 1. The molecule has 0 amide bonds. The van der Waals surface area contributed by atoms with Crippen molar-refractivity contribution in [1.82, 2.24) is 9.88 Å². The Kier molecular flexibility index (Phi) is 3.71. The van der Waals surface area contributed by atoms with Crippen molar-refractivity contribution in [1.29, 1.82) is 0 Å². The Morgan fingerprint density at radius 3 is 2.63 bits per heavy atom. The monoisotopic (exact) mass is 301 g/mol. The predicted molar refractivity (Wildman–Crippen MR) is 78.7 cm³/mol. The number of anilines is 2. The zero-order valence-electron chi connectivity index (χ0n) is 10.5. The van der Waals surface area contributed by atoms with Crippen LogP contribution in [0.25, 0.3) is 0 Å². The molecule has 1 aliphatic heterocycles. The molecule has 19 heavy (non-hydrogen) atoms. The quantitative estimate of drug-likeness (QED) is 0.588. The summed E-state index contributed by atoms with van der Waals surface area (Å²) in [5, 5.41) is 4.33. The number of rotatable bonds is 4. The molecule has 2 fully saturated rings. The molecule has 2 aliphatic rings. The number of pyridine rings is 1. The van der Waals surface area contributed by atoms with Crippen LogP contribution in [0.2, 0.25) is 10.0 Å². The average Bonchev–Trinajstić information content (AvgIpc) is 3.13. The molecule has 1 unspecified atom stereocenters. The summed E-state index contributed by atoms with van der Waals surface area (Å²) in [5.41, 5.74) is 2.47. The molecule has 0 bridgehead atoms. The maximum atomic E-state index is 6.16. The van der Waals surface area contributed by atoms with Gasteiger partial charge >= 0.3 is 0 Å². The van der Waals surface area contributed by atoms with Crippen molar-refractivity contribution in [2.24, 2.45) is 5.84 Å². The van der Waals surface area contributed by atoms with Gasteiger partial charge in [0.25, 0.3) is 0 Å². The summed E-state index contributed by atoms with van der Waals surface area (Å²) in [5.74, 6) is 6.45. The maximum absolute atomic E-state index is 6.16. The molecular weight excluding hydrogens is 285 g/mol. The van der Waals surface area contributed by atoms with Crippen LogP contribution in [-0.2, 0) is 0 Å². The van der Waals surface area contributed by atoms with Gasteiger partial charge < -0.3 is 10.7 Å². The lowest BCUT2D eigenvalue weighted by Gasteiger charge is -2.17. The molecule has 7 heteroatoms. The van der Waals surface area contributed by atoms with E-state index in [1.54, 1.807) is 6.07 Å². The zero-order valence-corrected chi connectivity index (χ0v) is 12.0. The van der Waals surface area contributed by atoms with Gasteiger partial charge in [0.2, 0.25) is 0 Å². The number of hydrogen-bond acceptors (Lipinski definition) is 5. The number of likely N-dealkylation sites (tertiary alicyclic amines) is 1. The first kappa shape index (κ1) is 13.2. The number of nitrogen functional groups attached to an aromatic ring is 1. The highest BCUT2D eigenvalue weighted by molar-refractivity contribution is 6.37. The fourth-order valence-corrected chi connectivity index (χ4v) is 3.01. The fraction of sp³-hybridized carbons (Fsp3) is 0.583. The SMILES string of the molecule is NNc1nc(NC2CCN(C3CC3)C2)c(Cl)cc1Cl. The topological polar surface area (TPSA) is 66.2 Å². The largest absolute Gasteiger partial charge is 0.365 e. The third kappa shape index (κ3) is 2.89. The van der Waals surface area contributed by atoms with Crippen LogP contribution in [0.15, 0.2) is 6.07 Å². The summed E-state index contributed by atoms with van der Waals surface area (Å²) >= 11 is 12.1. The van der Waals surface area contributed by atoms with Gasteiger partial charge in [-0.25, -0.2) is 10.8 Å². The van der Waals surface area contributed by atoms with E-state index in [1.807, 2.05) is 0 Å². The molecule has 3 rings (SSSR count). The lowest BCUT2D eigenvalue weighted by atomic mass is 10.2. The van der Waals surface area contributed by atoms with Gasteiger partial charge in [0, 0.05) is 25.2 Å². The summed E-state index contributed by atoms with van der Waals surface area (Å²) in [6, 6.07) is 2.85. The predicted octanol–water partition coefficient (Wildman–Crippen LogP) is 2.32. The van der Waals surface area contributed by atoms with E-state index >= 15 is 0 Å². The number of nitrogens with one attached hydrogen (secondary N) is 2. The molecule has 1 atom stereocenters. The van der Waals surface area contributed by atoms with Crippen molar-refractivity contribution in [3.63, 3.8) is 0 Å². The van der Waals surface area contributed by atoms with E-state index in [0.29, 0.717) is 27.7 Å². The molecule has 5 nitrogen and oxygen atoms in total. The van der Waals surface area contributed by atoms with Gasteiger partial charge in [-0.15, -0.1) is 0 Å². The van der Waals surface area contributed by atoms with Crippen molar-refractivity contribution in [2.75, 3.05) is 23.8 Å². The Hall–Kier alpha value is -0.750. The molecule has 1 saturated carbocycles. The van der Waals surface area contributed by atoms with Crippen molar-refractivity contribution >= 4 is 34.8 Å². The maximum Gasteiger partial charge on any atom is 0.161 e. The second-order valence-corrected chi connectivity index (χ2v) is 5.96. The van der Waals surface area contributed by atoms with Crippen LogP contribution in [0, 0.1) is 0 Å². The van der Waals surface area contributed by atoms with Crippen LogP contribution in [0.3, 0.4) is 0 Å². The van der Waals surface area contributed by atoms with Gasteiger partial charge in [0.05, 0.1) is 10.0 Å². The van der Waals surface area contributed by atoms with Crippen LogP contribution in [0.5, 0.6) is 0 Å². The first-order valence-corrected chi connectivity index (χ1v) is 7.26. The Morgan fingerprint density at radius 2 is 1.95 bits per heavy atom. The number of hydrazine groups is 1. The first-order chi connectivity index (χ1) is 9.17. The number of hydrogen-bond donors (Lipinski definition) is 3. The van der Waals surface area contributed by atoms with Gasteiger partial charge in [0.1, 0.15) is 5.82 Å². The van der Waals surface area contributed by atoms with Crippen LogP contribution in [0.4, 0.5) is 11.6 Å². The normalized spacial score (nSPS) is 23.6. The van der Waals surface area contributed by atoms with E-state index in [4.69, 9.17) is 29.0 Å². The minimum absolute atomic E-state index is 0.386. The van der Waals surface area contributed by atoms with Crippen LogP contribution >= 0.6 is 23.2 Å². The molecule has 0 radical (unpaired) electrons. The highest BCUT2D eigenvalue weighted by Gasteiger charge is 2.34. The van der Waals surface area contributed by atoms with Crippen molar-refractivity contribution < 1.29 is 0 Å². The molecule has 2 heterocycles. The van der Waals surface area contributed by atoms with Crippen molar-refractivity contribution in [3.05, 3.63) is 16.1 Å². The molecular formula is C12H17Cl2N5. The molecule has 1 aromatic rings. The van der Waals surface area contributed by atoms with Crippen LogP contribution in [0.1, 0.15) is 19.3 Å². The summed E-state index contributed by atoms with van der Waals surface area (Å²) < 4.78 is 0. The van der Waals surface area contributed by atoms with Crippen molar-refractivity contribution in [3.8, 4) is 0 Å². The van der Waals surface area contributed by atoms with Gasteiger partial charge in [-0.3, -0.25) is 4.90 Å². The Morgan fingerprint density at radius 1 is 1.21 bits per heavy atom. The molecule has 0 aromatic carbocycles. The highest BCUT2D eigenvalue weighted by atomic mass is 35.5. The van der Waals surface area contributed by atoms with E-state index in [0.717, 1.165) is 25.6 Å². The average molecular weight is 302 g/mol. The highest BCUT2D eigenvalue weighted by Crippen LogP contribution is 2.32. The number of halogens is 2. The molecule has 1 aromatic heterocycles. The number of nitrogens with zero attached hydrogens (tertiary/aromatic N) is 2. The van der Waals surface area contributed by atoms with Crippen molar-refractivity contribution in [2.45, 2.75) is 31.3 Å². The van der Waals surface area contributed by atoms with Gasteiger partial charge in [-0.05, 0) is 25.3 Å². The Balaban J connectivity index is 1.69. The molecule has 1 aliphatic carbocycles. The lowest BCUT2D eigenvalue weighted by molar-refractivity contribution is 0.326. The third-order valence-corrected chi connectivity index (χ3v) is 4.27. The minimum atomic E-state index is 0.386. The van der Waals surface area contributed by atoms with Crippen LogP contribution in [-0.4, -0.2) is 35.1 Å². The van der Waals surface area contributed by atoms with E-state index in [2.05, 4.69) is 20.6 Å². The van der Waals surface area contributed by atoms with Crippen LogP contribution < -0.4 is 16.6 Å². The van der Waals surface area contributed by atoms with E-state index < -0.39 is 0 Å². The summed E-state index contributed by atoms with van der Waals surface area (Å²) in [7, 11) is 0. The van der Waals surface area contributed by atoms with E-state index in [9.17, 15) is 0 Å². The lowest BCUT2D eigenvalue weighted by Crippen LogP contribution is -2.28. The van der Waals surface area contributed by atoms with E-state index in [1.165, 1.54) is 12.8 Å². The van der Waals surface area contributed by atoms with Gasteiger partial charge in [-0.2, -0.15) is 0 Å². The molecule has 1 saturated heterocycles. The first-order valence-electron chi connectivity index (χ1n) is 6.50. The summed E-state index contributed by atoms with van der Waals surface area (Å²) in [6.07, 6.45) is 3.80. The standard InChI is InChI=1S/C12H17Cl2N5/c13-9-5-10(14)12(18-15)17-11(9)16-7-3-4-19(6-7)8-1-2-8/h5,7-8H,1-4,6,15H2,(H2,16,17,18). The molecule has 4 N–H and O–H groups in total. The summed E-state index contributed by atoms with van der Waals surface area (Å²) in [4.78, 5) is 6.84. The summed E-state index contributed by atoms with van der Waals surface area (Å²) in [6.45, 7) is 2.20. The Bertz CT molecular complexity index is 477. The third-order valence-electron chi connectivity index (χ3n) is 3.69. The smallest absolute Gasteiger partial charge is 0.161 e. The number of aromatic nitrogens is 1.